The van der Waals surface area contributed by atoms with Crippen LogP contribution >= 0.6 is 11.3 Å². The first kappa shape index (κ1) is 15.7. The summed E-state index contributed by atoms with van der Waals surface area (Å²) in [6, 6.07) is 6.51. The van der Waals surface area contributed by atoms with Crippen LogP contribution in [0.5, 0.6) is 0 Å². The summed E-state index contributed by atoms with van der Waals surface area (Å²) in [7, 11) is -1.07. The van der Waals surface area contributed by atoms with Crippen LogP contribution in [-0.2, 0) is 10.8 Å². The number of amides is 2. The average Bonchev–Trinajstić information content (AvgIpc) is 2.85. The van der Waals surface area contributed by atoms with Crippen molar-refractivity contribution in [3.8, 4) is 0 Å². The van der Waals surface area contributed by atoms with Gasteiger partial charge in [-0.1, -0.05) is 6.07 Å². The number of hydrogen-bond acceptors (Lipinski definition) is 4. The maximum absolute atomic E-state index is 12.0. The first-order valence-electron chi connectivity index (χ1n) is 6.38. The van der Waals surface area contributed by atoms with Crippen molar-refractivity contribution < 1.29 is 9.00 Å². The van der Waals surface area contributed by atoms with E-state index in [4.69, 9.17) is 0 Å². The van der Waals surface area contributed by atoms with E-state index >= 15 is 0 Å². The number of nitrogens with zero attached hydrogens (tertiary/aromatic N) is 1. The summed E-state index contributed by atoms with van der Waals surface area (Å²) in [5.41, 5.74) is 1.46. The van der Waals surface area contributed by atoms with Crippen LogP contribution in [0, 0.1) is 6.92 Å². The van der Waals surface area contributed by atoms with Crippen molar-refractivity contribution in [2.45, 2.75) is 24.8 Å². The Morgan fingerprint density at radius 2 is 2.19 bits per heavy atom. The maximum atomic E-state index is 12.0. The van der Waals surface area contributed by atoms with Crippen LogP contribution < -0.4 is 10.6 Å². The van der Waals surface area contributed by atoms with Gasteiger partial charge in [0.25, 0.3) is 0 Å². The summed E-state index contributed by atoms with van der Waals surface area (Å²) in [5, 5.41) is 8.46. The van der Waals surface area contributed by atoms with Gasteiger partial charge in [-0.25, -0.2) is 9.78 Å². The quantitative estimate of drug-likeness (QED) is 0.908. The summed E-state index contributed by atoms with van der Waals surface area (Å²) < 4.78 is 11.4. The zero-order valence-corrected chi connectivity index (χ0v) is 13.7. The first-order valence-corrected chi connectivity index (χ1v) is 8.82. The SMILES string of the molecule is Cc1nc([C@H](C)NC(=O)Nc2cccc([S@](C)=O)c2)cs1. The van der Waals surface area contributed by atoms with Crippen molar-refractivity contribution in [1.29, 1.82) is 0 Å². The summed E-state index contributed by atoms with van der Waals surface area (Å²) >= 11 is 1.55. The molecule has 0 unspecified atom stereocenters. The molecule has 1 aromatic carbocycles. The van der Waals surface area contributed by atoms with E-state index < -0.39 is 10.8 Å². The molecule has 0 aliphatic carbocycles. The number of nitrogens with one attached hydrogen (secondary N) is 2. The van der Waals surface area contributed by atoms with Gasteiger partial charge in [-0.2, -0.15) is 0 Å². The second-order valence-corrected chi connectivity index (χ2v) is 7.04. The molecule has 0 spiro atoms. The molecule has 0 saturated carbocycles. The molecule has 0 fully saturated rings. The van der Waals surface area contributed by atoms with Gasteiger partial charge in [0.15, 0.2) is 0 Å². The molecule has 2 aromatic rings. The number of carbonyl (C=O) groups is 1. The lowest BCUT2D eigenvalue weighted by atomic mass is 10.2. The number of carbonyl (C=O) groups excluding carboxylic acids is 1. The maximum Gasteiger partial charge on any atom is 0.319 e. The zero-order valence-electron chi connectivity index (χ0n) is 12.0. The summed E-state index contributed by atoms with van der Waals surface area (Å²) in [6.45, 7) is 3.81. The molecule has 1 heterocycles. The molecule has 0 saturated heterocycles. The monoisotopic (exact) mass is 323 g/mol. The van der Waals surface area contributed by atoms with Gasteiger partial charge in [0.2, 0.25) is 0 Å². The second kappa shape index (κ2) is 6.82. The van der Waals surface area contributed by atoms with Crippen molar-refractivity contribution in [2.24, 2.45) is 0 Å². The summed E-state index contributed by atoms with van der Waals surface area (Å²) in [5.74, 6) is 0. The van der Waals surface area contributed by atoms with E-state index in [1.165, 1.54) is 0 Å². The predicted octanol–water partition coefficient (Wildman–Crippen LogP) is 3.07. The number of anilines is 1. The number of rotatable bonds is 4. The topological polar surface area (TPSA) is 71.1 Å². The smallest absolute Gasteiger partial charge is 0.319 e. The number of urea groups is 1. The summed E-state index contributed by atoms with van der Waals surface area (Å²) in [4.78, 5) is 17.0. The third kappa shape index (κ3) is 4.37. The van der Waals surface area contributed by atoms with Crippen molar-refractivity contribution in [3.63, 3.8) is 0 Å². The minimum absolute atomic E-state index is 0.168. The fraction of sp³-hybridized carbons (Fsp3) is 0.286. The fourth-order valence-electron chi connectivity index (χ4n) is 1.77. The highest BCUT2D eigenvalue weighted by atomic mass is 32.2. The van der Waals surface area contributed by atoms with Crippen LogP contribution in [0.25, 0.3) is 0 Å². The van der Waals surface area contributed by atoms with E-state index in [0.29, 0.717) is 10.6 Å². The Balaban J connectivity index is 1.98. The molecule has 2 amide bonds. The second-order valence-electron chi connectivity index (χ2n) is 4.59. The van der Waals surface area contributed by atoms with E-state index in [-0.39, 0.29) is 12.1 Å². The molecule has 2 N–H and O–H groups in total. The number of aryl methyl sites for hydroxylation is 1. The van der Waals surface area contributed by atoms with Gasteiger partial charge < -0.3 is 10.6 Å². The molecule has 0 bridgehead atoms. The van der Waals surface area contributed by atoms with Gasteiger partial charge >= 0.3 is 6.03 Å². The van der Waals surface area contributed by atoms with Crippen LogP contribution in [0.3, 0.4) is 0 Å². The highest BCUT2D eigenvalue weighted by Gasteiger charge is 2.12. The van der Waals surface area contributed by atoms with Gasteiger partial charge in [0.05, 0.1) is 16.7 Å². The Morgan fingerprint density at radius 3 is 2.81 bits per heavy atom. The molecule has 0 aliphatic rings. The highest BCUT2D eigenvalue weighted by molar-refractivity contribution is 7.84. The third-order valence-electron chi connectivity index (χ3n) is 2.85. The Labute approximate surface area is 130 Å². The number of benzene rings is 1. The Kier molecular flexibility index (Phi) is 5.08. The molecule has 5 nitrogen and oxygen atoms in total. The Morgan fingerprint density at radius 1 is 1.43 bits per heavy atom. The fourth-order valence-corrected chi connectivity index (χ4v) is 3.04. The van der Waals surface area contributed by atoms with Crippen LogP contribution in [0.2, 0.25) is 0 Å². The van der Waals surface area contributed by atoms with Crippen LogP contribution in [0.4, 0.5) is 10.5 Å². The van der Waals surface area contributed by atoms with E-state index in [1.807, 2.05) is 19.2 Å². The normalized spacial score (nSPS) is 13.5. The third-order valence-corrected chi connectivity index (χ3v) is 4.56. The summed E-state index contributed by atoms with van der Waals surface area (Å²) in [6.07, 6.45) is 1.60. The zero-order chi connectivity index (χ0) is 15.4. The molecule has 0 radical (unpaired) electrons. The largest absolute Gasteiger partial charge is 0.330 e. The lowest BCUT2D eigenvalue weighted by molar-refractivity contribution is 0.249. The van der Waals surface area contributed by atoms with Crippen molar-refractivity contribution >= 4 is 33.9 Å². The van der Waals surface area contributed by atoms with Crippen molar-refractivity contribution in [1.82, 2.24) is 10.3 Å². The van der Waals surface area contributed by atoms with Gasteiger partial charge in [-0.15, -0.1) is 11.3 Å². The molecule has 2 rings (SSSR count). The highest BCUT2D eigenvalue weighted by Crippen LogP contribution is 2.16. The molecule has 0 aliphatic heterocycles. The van der Waals surface area contributed by atoms with E-state index in [9.17, 15) is 9.00 Å². The van der Waals surface area contributed by atoms with Gasteiger partial charge in [0, 0.05) is 33.0 Å². The predicted molar refractivity (Wildman–Crippen MR) is 86.2 cm³/mol. The number of thiazole rings is 1. The molecule has 2 atom stereocenters. The van der Waals surface area contributed by atoms with E-state index in [1.54, 1.807) is 41.9 Å². The number of aromatic nitrogens is 1. The van der Waals surface area contributed by atoms with Crippen molar-refractivity contribution in [2.75, 3.05) is 11.6 Å². The average molecular weight is 323 g/mol. The van der Waals surface area contributed by atoms with Crippen LogP contribution in [0.1, 0.15) is 23.7 Å². The van der Waals surface area contributed by atoms with Gasteiger partial charge in [-0.05, 0) is 32.0 Å². The lowest BCUT2D eigenvalue weighted by Crippen LogP contribution is -2.31. The Hall–Kier alpha value is -1.73. The molecule has 112 valence electrons. The molecular formula is C14H17N3O2S2. The minimum Gasteiger partial charge on any atom is -0.330 e. The molecular weight excluding hydrogens is 306 g/mol. The van der Waals surface area contributed by atoms with Gasteiger partial charge in [-0.3, -0.25) is 4.21 Å². The van der Waals surface area contributed by atoms with Gasteiger partial charge in [0.1, 0.15) is 0 Å². The van der Waals surface area contributed by atoms with Crippen molar-refractivity contribution in [3.05, 3.63) is 40.3 Å². The molecule has 7 heteroatoms. The van der Waals surface area contributed by atoms with E-state index in [2.05, 4.69) is 15.6 Å². The Bertz CT molecular complexity index is 670. The molecule has 21 heavy (non-hydrogen) atoms. The van der Waals surface area contributed by atoms with Crippen LogP contribution in [0.15, 0.2) is 34.5 Å². The first-order chi connectivity index (χ1) is 9.95. The lowest BCUT2D eigenvalue weighted by Gasteiger charge is -2.13. The van der Waals surface area contributed by atoms with Crippen LogP contribution in [-0.4, -0.2) is 21.5 Å². The number of hydrogen-bond donors (Lipinski definition) is 2. The molecule has 1 aromatic heterocycles. The minimum atomic E-state index is -1.07. The standard InChI is InChI=1S/C14H17N3O2S2/c1-9(13-8-20-10(2)16-13)15-14(18)17-11-5-4-6-12(7-11)21(3)19/h4-9H,1-3H3,(H2,15,17,18)/t9-,21-/m0/s1. The van der Waals surface area contributed by atoms with E-state index in [0.717, 1.165) is 10.7 Å².